The second-order valence-electron chi connectivity index (χ2n) is 4.00. The van der Waals surface area contributed by atoms with E-state index >= 15 is 0 Å². The van der Waals surface area contributed by atoms with Gasteiger partial charge in [0, 0.05) is 12.3 Å². The lowest BCUT2D eigenvalue weighted by Crippen LogP contribution is -2.23. The third-order valence-electron chi connectivity index (χ3n) is 2.41. The van der Waals surface area contributed by atoms with Gasteiger partial charge in [0.25, 0.3) is 0 Å². The first-order valence-corrected chi connectivity index (χ1v) is 7.16. The lowest BCUT2D eigenvalue weighted by molar-refractivity contribution is -0.140. The number of nitrogens with one attached hydrogen (secondary N) is 1. The molecule has 1 aromatic carbocycles. The zero-order valence-electron chi connectivity index (χ0n) is 10.3. The first-order chi connectivity index (χ1) is 8.59. The minimum absolute atomic E-state index is 0.371. The van der Waals surface area contributed by atoms with Gasteiger partial charge in [-0.15, -0.1) is 0 Å². The number of thioether (sulfide) groups is 1. The van der Waals surface area contributed by atoms with Gasteiger partial charge in [0.05, 0.1) is 5.92 Å². The van der Waals surface area contributed by atoms with Crippen LogP contribution < -0.4 is 5.32 Å². The van der Waals surface area contributed by atoms with Crippen LogP contribution in [0.3, 0.4) is 0 Å². The van der Waals surface area contributed by atoms with E-state index in [1.165, 1.54) is 17.3 Å². The molecule has 0 aliphatic heterocycles. The third-order valence-corrected chi connectivity index (χ3v) is 3.98. The van der Waals surface area contributed by atoms with Crippen molar-refractivity contribution < 1.29 is 9.90 Å². The number of benzene rings is 1. The van der Waals surface area contributed by atoms with E-state index in [0.717, 1.165) is 13.0 Å². The molecule has 0 saturated carbocycles. The summed E-state index contributed by atoms with van der Waals surface area (Å²) in [5, 5.41) is 11.9. The number of carbonyl (C=O) groups is 1. The van der Waals surface area contributed by atoms with Crippen molar-refractivity contribution in [2.24, 2.45) is 5.92 Å². The number of hydrogen-bond acceptors (Lipinski definition) is 3. The predicted octanol–water partition coefficient (Wildman–Crippen LogP) is 2.56. The molecule has 0 spiro atoms. The predicted molar refractivity (Wildman–Crippen MR) is 80.0 cm³/mol. The maximum Gasteiger partial charge on any atom is 0.307 e. The van der Waals surface area contributed by atoms with Crippen LogP contribution in [-0.2, 0) is 11.2 Å². The van der Waals surface area contributed by atoms with Crippen molar-refractivity contribution in [3.8, 4) is 0 Å². The molecule has 1 unspecified atom stereocenters. The minimum Gasteiger partial charge on any atom is -0.481 e. The summed E-state index contributed by atoms with van der Waals surface area (Å²) in [5.74, 6) is -0.648. The van der Waals surface area contributed by atoms with Crippen molar-refractivity contribution in [3.05, 3.63) is 35.9 Å². The molecular formula is C13H17NO2S2. The van der Waals surface area contributed by atoms with Gasteiger partial charge in [0.1, 0.15) is 4.32 Å². The Morgan fingerprint density at radius 2 is 2.11 bits per heavy atom. The Bertz CT molecular complexity index is 395. The summed E-state index contributed by atoms with van der Waals surface area (Å²) in [5.41, 5.74) is 1.26. The minimum atomic E-state index is -0.783. The molecule has 1 rings (SSSR count). The van der Waals surface area contributed by atoms with Gasteiger partial charge in [0.15, 0.2) is 0 Å². The van der Waals surface area contributed by atoms with Gasteiger partial charge in [-0.1, -0.05) is 61.2 Å². The average Bonchev–Trinajstić information content (AvgIpc) is 2.37. The first kappa shape index (κ1) is 15.0. The first-order valence-electron chi connectivity index (χ1n) is 5.77. The Hall–Kier alpha value is -1.07. The highest BCUT2D eigenvalue weighted by atomic mass is 32.2. The van der Waals surface area contributed by atoms with E-state index in [9.17, 15) is 4.79 Å². The van der Waals surface area contributed by atoms with E-state index in [2.05, 4.69) is 17.4 Å². The largest absolute Gasteiger partial charge is 0.481 e. The van der Waals surface area contributed by atoms with Crippen LogP contribution in [0.25, 0.3) is 0 Å². The molecule has 1 atom stereocenters. The fourth-order valence-corrected chi connectivity index (χ4v) is 2.33. The monoisotopic (exact) mass is 283 g/mol. The normalized spacial score (nSPS) is 11.8. The fourth-order valence-electron chi connectivity index (χ4n) is 1.28. The van der Waals surface area contributed by atoms with Crippen molar-refractivity contribution in [1.82, 2.24) is 5.32 Å². The van der Waals surface area contributed by atoms with Crippen LogP contribution in [-0.4, -0.2) is 27.7 Å². The molecule has 1 aromatic rings. The van der Waals surface area contributed by atoms with Crippen LogP contribution in [0.2, 0.25) is 0 Å². The number of hydrogen-bond donors (Lipinski definition) is 2. The molecule has 18 heavy (non-hydrogen) atoms. The Kier molecular flexibility index (Phi) is 6.75. The standard InChI is InChI=1S/C13H17NO2S2/c1-10(12(15)16)9-18-13(17)14-8-7-11-5-3-2-4-6-11/h2-6,10H,7-9H2,1H3,(H,14,17)(H,15,16). The summed E-state index contributed by atoms with van der Waals surface area (Å²) in [6.45, 7) is 2.46. The Balaban J connectivity index is 2.16. The maximum absolute atomic E-state index is 10.6. The summed E-state index contributed by atoms with van der Waals surface area (Å²) < 4.78 is 0.666. The molecule has 3 nitrogen and oxygen atoms in total. The van der Waals surface area contributed by atoms with E-state index in [1.807, 2.05) is 18.2 Å². The molecule has 0 fully saturated rings. The van der Waals surface area contributed by atoms with Crippen LogP contribution in [0.15, 0.2) is 30.3 Å². The lowest BCUT2D eigenvalue weighted by Gasteiger charge is -2.09. The second-order valence-corrected chi connectivity index (χ2v) is 5.70. The molecule has 0 heterocycles. The summed E-state index contributed by atoms with van der Waals surface area (Å²) in [6.07, 6.45) is 0.913. The average molecular weight is 283 g/mol. The van der Waals surface area contributed by atoms with E-state index in [0.29, 0.717) is 10.1 Å². The second kappa shape index (κ2) is 8.11. The molecule has 0 radical (unpaired) electrons. The summed E-state index contributed by atoms with van der Waals surface area (Å²) in [4.78, 5) is 10.6. The van der Waals surface area contributed by atoms with Crippen molar-refractivity contribution >= 4 is 34.3 Å². The van der Waals surface area contributed by atoms with Gasteiger partial charge in [0.2, 0.25) is 0 Å². The van der Waals surface area contributed by atoms with E-state index in [4.69, 9.17) is 17.3 Å². The molecule has 5 heteroatoms. The van der Waals surface area contributed by atoms with Gasteiger partial charge in [-0.25, -0.2) is 0 Å². The highest BCUT2D eigenvalue weighted by Crippen LogP contribution is 2.09. The molecule has 0 aromatic heterocycles. The van der Waals surface area contributed by atoms with E-state index in [-0.39, 0.29) is 5.92 Å². The van der Waals surface area contributed by atoms with Gasteiger partial charge >= 0.3 is 5.97 Å². The van der Waals surface area contributed by atoms with Crippen molar-refractivity contribution in [2.45, 2.75) is 13.3 Å². The smallest absolute Gasteiger partial charge is 0.307 e. The van der Waals surface area contributed by atoms with Gasteiger partial charge in [-0.3, -0.25) is 4.79 Å². The summed E-state index contributed by atoms with van der Waals surface area (Å²) in [6, 6.07) is 10.2. The maximum atomic E-state index is 10.6. The van der Waals surface area contributed by atoms with E-state index < -0.39 is 5.97 Å². The number of carboxylic acids is 1. The Morgan fingerprint density at radius 3 is 2.72 bits per heavy atom. The number of carboxylic acid groups (broad SMARTS) is 1. The summed E-state index contributed by atoms with van der Waals surface area (Å²) in [7, 11) is 0. The van der Waals surface area contributed by atoms with Crippen molar-refractivity contribution in [1.29, 1.82) is 0 Å². The van der Waals surface area contributed by atoms with E-state index in [1.54, 1.807) is 6.92 Å². The SMILES string of the molecule is CC(CSC(=S)NCCc1ccccc1)C(=O)O. The highest BCUT2D eigenvalue weighted by molar-refractivity contribution is 8.22. The van der Waals surface area contributed by atoms with Crippen LogP contribution >= 0.6 is 24.0 Å². The van der Waals surface area contributed by atoms with Gasteiger partial charge < -0.3 is 10.4 Å². The molecule has 0 aliphatic rings. The molecule has 2 N–H and O–H groups in total. The van der Waals surface area contributed by atoms with Crippen LogP contribution in [0.4, 0.5) is 0 Å². The molecule has 0 saturated heterocycles. The Morgan fingerprint density at radius 1 is 1.44 bits per heavy atom. The van der Waals surface area contributed by atoms with Crippen molar-refractivity contribution in [3.63, 3.8) is 0 Å². The Labute approximate surface area is 117 Å². The zero-order chi connectivity index (χ0) is 13.4. The van der Waals surface area contributed by atoms with Gasteiger partial charge in [-0.05, 0) is 12.0 Å². The number of aliphatic carboxylic acids is 1. The molecule has 0 bridgehead atoms. The van der Waals surface area contributed by atoms with Crippen LogP contribution in [0.5, 0.6) is 0 Å². The third kappa shape index (κ3) is 6.02. The van der Waals surface area contributed by atoms with Crippen molar-refractivity contribution in [2.75, 3.05) is 12.3 Å². The highest BCUT2D eigenvalue weighted by Gasteiger charge is 2.11. The topological polar surface area (TPSA) is 49.3 Å². The number of rotatable bonds is 6. The summed E-state index contributed by atoms with van der Waals surface area (Å²) >= 11 is 6.52. The van der Waals surface area contributed by atoms with Gasteiger partial charge in [-0.2, -0.15) is 0 Å². The molecule has 98 valence electrons. The lowest BCUT2D eigenvalue weighted by atomic mass is 10.2. The molecule has 0 aliphatic carbocycles. The fraction of sp³-hybridized carbons (Fsp3) is 0.385. The quantitative estimate of drug-likeness (QED) is 0.786. The van der Waals surface area contributed by atoms with Crippen LogP contribution in [0, 0.1) is 5.92 Å². The number of thiocarbonyl (C=S) groups is 1. The molecular weight excluding hydrogens is 266 g/mol. The van der Waals surface area contributed by atoms with Crippen LogP contribution in [0.1, 0.15) is 12.5 Å². The molecule has 0 amide bonds. The zero-order valence-corrected chi connectivity index (χ0v) is 11.9.